The van der Waals surface area contributed by atoms with Gasteiger partial charge in [-0.1, -0.05) is 19.8 Å². The Morgan fingerprint density at radius 2 is 1.94 bits per heavy atom. The summed E-state index contributed by atoms with van der Waals surface area (Å²) in [6.45, 7) is 6.83. The lowest BCUT2D eigenvalue weighted by atomic mass is 9.86. The van der Waals surface area contributed by atoms with Gasteiger partial charge >= 0.3 is 0 Å². The van der Waals surface area contributed by atoms with Crippen molar-refractivity contribution in [2.24, 2.45) is 5.92 Å². The van der Waals surface area contributed by atoms with Crippen LogP contribution >= 0.6 is 12.4 Å². The zero-order valence-corrected chi connectivity index (χ0v) is 12.1. The predicted molar refractivity (Wildman–Crippen MR) is 76.1 cm³/mol. The normalized spacial score (nSPS) is 29.4. The Bertz CT molecular complexity index is 257. The minimum Gasteiger partial charge on any atom is -0.352 e. The molecular formula is C13H26ClN3O. The molecule has 4 nitrogen and oxygen atoms in total. The van der Waals surface area contributed by atoms with Gasteiger partial charge in [-0.25, -0.2) is 0 Å². The maximum Gasteiger partial charge on any atom is 0.234 e. The molecule has 2 atom stereocenters. The lowest BCUT2D eigenvalue weighted by Gasteiger charge is -2.31. The molecule has 0 spiro atoms. The summed E-state index contributed by atoms with van der Waals surface area (Å²) in [6, 6.07) is 0.416. The minimum atomic E-state index is 0. The molecule has 5 heteroatoms. The van der Waals surface area contributed by atoms with E-state index in [1.165, 1.54) is 19.3 Å². The van der Waals surface area contributed by atoms with Crippen molar-refractivity contribution >= 4 is 18.3 Å². The van der Waals surface area contributed by atoms with E-state index in [9.17, 15) is 4.79 Å². The van der Waals surface area contributed by atoms with Crippen molar-refractivity contribution in [3.05, 3.63) is 0 Å². The van der Waals surface area contributed by atoms with Crippen LogP contribution in [0.15, 0.2) is 0 Å². The Kier molecular flexibility index (Phi) is 6.97. The standard InChI is InChI=1S/C13H25N3O.ClH/c1-11-4-2-3-5-12(11)15-13(17)10-16-8-6-14-7-9-16;/h11-12,14H,2-10H2,1H3,(H,15,17);1H. The molecule has 0 aromatic heterocycles. The van der Waals surface area contributed by atoms with Crippen molar-refractivity contribution in [3.8, 4) is 0 Å². The third-order valence-corrected chi connectivity index (χ3v) is 4.03. The molecule has 2 unspecified atom stereocenters. The Hall–Kier alpha value is -0.320. The molecule has 0 radical (unpaired) electrons. The van der Waals surface area contributed by atoms with E-state index in [4.69, 9.17) is 0 Å². The molecule has 18 heavy (non-hydrogen) atoms. The van der Waals surface area contributed by atoms with Crippen molar-refractivity contribution < 1.29 is 4.79 Å². The summed E-state index contributed by atoms with van der Waals surface area (Å²) >= 11 is 0. The van der Waals surface area contributed by atoms with Crippen LogP contribution in [0.2, 0.25) is 0 Å². The average Bonchev–Trinajstić information content (AvgIpc) is 2.33. The quantitative estimate of drug-likeness (QED) is 0.808. The number of hydrogen-bond acceptors (Lipinski definition) is 3. The molecule has 2 aliphatic rings. The van der Waals surface area contributed by atoms with Crippen LogP contribution in [-0.4, -0.2) is 49.6 Å². The van der Waals surface area contributed by atoms with E-state index < -0.39 is 0 Å². The second-order valence-corrected chi connectivity index (χ2v) is 5.46. The van der Waals surface area contributed by atoms with Gasteiger partial charge in [0.2, 0.25) is 5.91 Å². The van der Waals surface area contributed by atoms with Gasteiger partial charge in [-0.15, -0.1) is 12.4 Å². The molecular weight excluding hydrogens is 250 g/mol. The number of piperazine rings is 1. The molecule has 1 saturated heterocycles. The van der Waals surface area contributed by atoms with Crippen LogP contribution < -0.4 is 10.6 Å². The first-order valence-corrected chi connectivity index (χ1v) is 6.98. The second kappa shape index (κ2) is 7.97. The minimum absolute atomic E-state index is 0. The van der Waals surface area contributed by atoms with E-state index in [0.29, 0.717) is 18.5 Å². The number of amides is 1. The molecule has 1 amide bonds. The monoisotopic (exact) mass is 275 g/mol. The van der Waals surface area contributed by atoms with Gasteiger partial charge in [-0.3, -0.25) is 9.69 Å². The second-order valence-electron chi connectivity index (χ2n) is 5.46. The van der Waals surface area contributed by atoms with E-state index in [2.05, 4.69) is 22.5 Å². The van der Waals surface area contributed by atoms with E-state index >= 15 is 0 Å². The highest BCUT2D eigenvalue weighted by molar-refractivity contribution is 5.85. The lowest BCUT2D eigenvalue weighted by Crippen LogP contribution is -2.50. The molecule has 0 aromatic carbocycles. The third kappa shape index (κ3) is 4.75. The first kappa shape index (κ1) is 15.7. The summed E-state index contributed by atoms with van der Waals surface area (Å²) in [4.78, 5) is 14.2. The zero-order chi connectivity index (χ0) is 12.1. The maximum atomic E-state index is 12.0. The summed E-state index contributed by atoms with van der Waals surface area (Å²) in [5, 5.41) is 6.52. The molecule has 106 valence electrons. The largest absolute Gasteiger partial charge is 0.352 e. The third-order valence-electron chi connectivity index (χ3n) is 4.03. The summed E-state index contributed by atoms with van der Waals surface area (Å²) in [5.74, 6) is 0.862. The van der Waals surface area contributed by atoms with Crippen LogP contribution in [-0.2, 0) is 4.79 Å². The number of nitrogens with zero attached hydrogens (tertiary/aromatic N) is 1. The molecule has 1 aliphatic heterocycles. The number of carbonyl (C=O) groups is 1. The van der Waals surface area contributed by atoms with Crippen molar-refractivity contribution in [2.75, 3.05) is 32.7 Å². The fraction of sp³-hybridized carbons (Fsp3) is 0.923. The summed E-state index contributed by atoms with van der Waals surface area (Å²) < 4.78 is 0. The molecule has 2 fully saturated rings. The van der Waals surface area contributed by atoms with Gasteiger partial charge < -0.3 is 10.6 Å². The van der Waals surface area contributed by atoms with Crippen molar-refractivity contribution in [1.82, 2.24) is 15.5 Å². The lowest BCUT2D eigenvalue weighted by molar-refractivity contribution is -0.123. The molecule has 1 saturated carbocycles. The molecule has 0 aromatic rings. The van der Waals surface area contributed by atoms with Crippen molar-refractivity contribution in [1.29, 1.82) is 0 Å². The van der Waals surface area contributed by atoms with Crippen LogP contribution in [0.5, 0.6) is 0 Å². The Labute approximate surface area is 116 Å². The van der Waals surface area contributed by atoms with E-state index in [0.717, 1.165) is 32.6 Å². The topological polar surface area (TPSA) is 44.4 Å². The van der Waals surface area contributed by atoms with E-state index in [-0.39, 0.29) is 18.3 Å². The Morgan fingerprint density at radius 3 is 2.61 bits per heavy atom. The molecule has 2 N–H and O–H groups in total. The highest BCUT2D eigenvalue weighted by Gasteiger charge is 2.23. The fourth-order valence-corrected chi connectivity index (χ4v) is 2.86. The summed E-state index contributed by atoms with van der Waals surface area (Å²) in [7, 11) is 0. The Morgan fingerprint density at radius 1 is 1.28 bits per heavy atom. The predicted octanol–water partition coefficient (Wildman–Crippen LogP) is 1.01. The number of nitrogens with one attached hydrogen (secondary N) is 2. The highest BCUT2D eigenvalue weighted by Crippen LogP contribution is 2.23. The highest BCUT2D eigenvalue weighted by atomic mass is 35.5. The number of halogens is 1. The number of hydrogen-bond donors (Lipinski definition) is 2. The molecule has 0 bridgehead atoms. The van der Waals surface area contributed by atoms with E-state index in [1.54, 1.807) is 0 Å². The number of carbonyl (C=O) groups excluding carboxylic acids is 1. The van der Waals surface area contributed by atoms with Crippen LogP contribution in [0.25, 0.3) is 0 Å². The van der Waals surface area contributed by atoms with Crippen molar-refractivity contribution in [3.63, 3.8) is 0 Å². The van der Waals surface area contributed by atoms with Gasteiger partial charge in [-0.05, 0) is 18.8 Å². The van der Waals surface area contributed by atoms with Gasteiger partial charge in [0.05, 0.1) is 6.54 Å². The van der Waals surface area contributed by atoms with Crippen molar-refractivity contribution in [2.45, 2.75) is 38.6 Å². The molecule has 2 rings (SSSR count). The van der Waals surface area contributed by atoms with Crippen LogP contribution in [0.3, 0.4) is 0 Å². The molecule has 1 aliphatic carbocycles. The van der Waals surface area contributed by atoms with E-state index in [1.807, 2.05) is 0 Å². The maximum absolute atomic E-state index is 12.0. The van der Waals surface area contributed by atoms with Crippen LogP contribution in [0.4, 0.5) is 0 Å². The van der Waals surface area contributed by atoms with Gasteiger partial charge in [0.15, 0.2) is 0 Å². The molecule has 1 heterocycles. The SMILES string of the molecule is CC1CCCCC1NC(=O)CN1CCNCC1.Cl. The zero-order valence-electron chi connectivity index (χ0n) is 11.3. The summed E-state index contributed by atoms with van der Waals surface area (Å²) in [5.41, 5.74) is 0. The van der Waals surface area contributed by atoms with Gasteiger partial charge in [0.25, 0.3) is 0 Å². The number of rotatable bonds is 3. The first-order chi connectivity index (χ1) is 8.25. The van der Waals surface area contributed by atoms with Gasteiger partial charge in [0.1, 0.15) is 0 Å². The van der Waals surface area contributed by atoms with Crippen LogP contribution in [0, 0.1) is 5.92 Å². The summed E-state index contributed by atoms with van der Waals surface area (Å²) in [6.07, 6.45) is 5.02. The fourth-order valence-electron chi connectivity index (χ4n) is 2.86. The van der Waals surface area contributed by atoms with Crippen LogP contribution in [0.1, 0.15) is 32.6 Å². The average molecular weight is 276 g/mol. The first-order valence-electron chi connectivity index (χ1n) is 6.98. The smallest absolute Gasteiger partial charge is 0.234 e. The van der Waals surface area contributed by atoms with Gasteiger partial charge in [-0.2, -0.15) is 0 Å². The van der Waals surface area contributed by atoms with Gasteiger partial charge in [0, 0.05) is 32.2 Å². The Balaban J connectivity index is 0.00000162.